The van der Waals surface area contributed by atoms with Gasteiger partial charge in [-0.3, -0.25) is 4.90 Å². The first kappa shape index (κ1) is 13.7. The summed E-state index contributed by atoms with van der Waals surface area (Å²) in [5, 5.41) is 0. The van der Waals surface area contributed by atoms with Crippen molar-refractivity contribution in [2.24, 2.45) is 0 Å². The quantitative estimate of drug-likeness (QED) is 0.824. The summed E-state index contributed by atoms with van der Waals surface area (Å²) in [5.74, 6) is 0. The highest BCUT2D eigenvalue weighted by atomic mass is 15.4. The molecule has 1 atom stereocenters. The van der Waals surface area contributed by atoms with Crippen LogP contribution in [0.4, 0.5) is 0 Å². The predicted octanol–water partition coefficient (Wildman–Crippen LogP) is 3.65. The highest BCUT2D eigenvalue weighted by molar-refractivity contribution is 5.14. The first-order valence-corrected chi connectivity index (χ1v) is 8.14. The Bertz CT molecular complexity index is 426. The van der Waals surface area contributed by atoms with Crippen LogP contribution in [0.5, 0.6) is 0 Å². The number of nitrogens with zero attached hydrogens (tertiary/aromatic N) is 2. The molecular formula is C18H26N2. The average Bonchev–Trinajstić information content (AvgIpc) is 2.74. The standard InChI is InChI=1S/C18H26N2/c1-3-9-17(10-4-1)11-7-14-20-16-8-15-19-13-6-2-5-12-18(19)20/h1,3-4,6,9-10,13,18H,2,5,7-8,11-12,14-16H2. The highest BCUT2D eigenvalue weighted by Gasteiger charge is 2.27. The molecule has 0 radical (unpaired) electrons. The molecule has 1 fully saturated rings. The molecular weight excluding hydrogens is 244 g/mol. The van der Waals surface area contributed by atoms with E-state index in [-0.39, 0.29) is 0 Å². The van der Waals surface area contributed by atoms with E-state index in [0.29, 0.717) is 6.17 Å². The fraction of sp³-hybridized carbons (Fsp3) is 0.556. The molecule has 2 aliphatic heterocycles. The molecule has 1 aromatic carbocycles. The molecule has 0 N–H and O–H groups in total. The van der Waals surface area contributed by atoms with Crippen molar-refractivity contribution in [2.75, 3.05) is 19.6 Å². The van der Waals surface area contributed by atoms with Crippen molar-refractivity contribution in [1.29, 1.82) is 0 Å². The Labute approximate surface area is 123 Å². The van der Waals surface area contributed by atoms with Crippen LogP contribution in [0.1, 0.15) is 37.7 Å². The molecule has 2 heterocycles. The third kappa shape index (κ3) is 3.43. The van der Waals surface area contributed by atoms with Gasteiger partial charge in [0.25, 0.3) is 0 Å². The second-order valence-corrected chi connectivity index (χ2v) is 6.01. The van der Waals surface area contributed by atoms with Crippen LogP contribution in [0.3, 0.4) is 0 Å². The van der Waals surface area contributed by atoms with Gasteiger partial charge >= 0.3 is 0 Å². The lowest BCUT2D eigenvalue weighted by molar-refractivity contribution is 0.0316. The number of hydrogen-bond donors (Lipinski definition) is 0. The van der Waals surface area contributed by atoms with Crippen molar-refractivity contribution >= 4 is 0 Å². The fourth-order valence-corrected chi connectivity index (χ4v) is 3.51. The lowest BCUT2D eigenvalue weighted by atomic mass is 10.1. The van der Waals surface area contributed by atoms with Gasteiger partial charge in [-0.25, -0.2) is 0 Å². The van der Waals surface area contributed by atoms with Crippen molar-refractivity contribution in [3.05, 3.63) is 48.2 Å². The van der Waals surface area contributed by atoms with Crippen molar-refractivity contribution in [3.8, 4) is 0 Å². The van der Waals surface area contributed by atoms with Gasteiger partial charge in [-0.15, -0.1) is 0 Å². The molecule has 0 saturated carbocycles. The Hall–Kier alpha value is -1.28. The Morgan fingerprint density at radius 2 is 1.95 bits per heavy atom. The third-order valence-corrected chi connectivity index (χ3v) is 4.55. The Morgan fingerprint density at radius 3 is 2.85 bits per heavy atom. The van der Waals surface area contributed by atoms with Gasteiger partial charge in [0.15, 0.2) is 0 Å². The van der Waals surface area contributed by atoms with E-state index in [2.05, 4.69) is 52.4 Å². The Balaban J connectivity index is 1.52. The molecule has 2 heteroatoms. The molecule has 0 bridgehead atoms. The minimum absolute atomic E-state index is 0.665. The van der Waals surface area contributed by atoms with Crippen molar-refractivity contribution in [3.63, 3.8) is 0 Å². The van der Waals surface area contributed by atoms with E-state index in [1.165, 1.54) is 63.7 Å². The van der Waals surface area contributed by atoms with E-state index in [1.807, 2.05) is 0 Å². The maximum absolute atomic E-state index is 2.71. The SMILES string of the molecule is C1=CN2CCCN(CCCc3ccccc3)C2CCC1. The number of fused-ring (bicyclic) bond motifs is 1. The smallest absolute Gasteiger partial charge is 0.0815 e. The number of allylic oxidation sites excluding steroid dienone is 1. The van der Waals surface area contributed by atoms with E-state index >= 15 is 0 Å². The lowest BCUT2D eigenvalue weighted by Crippen LogP contribution is -2.51. The van der Waals surface area contributed by atoms with Crippen LogP contribution in [0.2, 0.25) is 0 Å². The number of hydrogen-bond acceptors (Lipinski definition) is 2. The van der Waals surface area contributed by atoms with E-state index in [0.717, 1.165) is 0 Å². The van der Waals surface area contributed by atoms with Crippen LogP contribution in [0, 0.1) is 0 Å². The number of aryl methyl sites for hydroxylation is 1. The van der Waals surface area contributed by atoms with E-state index < -0.39 is 0 Å². The molecule has 1 saturated heterocycles. The summed E-state index contributed by atoms with van der Waals surface area (Å²) in [7, 11) is 0. The third-order valence-electron chi connectivity index (χ3n) is 4.55. The van der Waals surface area contributed by atoms with Crippen LogP contribution < -0.4 is 0 Å². The van der Waals surface area contributed by atoms with Gasteiger partial charge in [-0.05, 0) is 50.3 Å². The summed E-state index contributed by atoms with van der Waals surface area (Å²) in [6.45, 7) is 3.77. The Morgan fingerprint density at radius 1 is 1.05 bits per heavy atom. The number of rotatable bonds is 4. The molecule has 0 amide bonds. The van der Waals surface area contributed by atoms with Gasteiger partial charge in [0.2, 0.25) is 0 Å². The summed E-state index contributed by atoms with van der Waals surface area (Å²) >= 11 is 0. The first-order chi connectivity index (χ1) is 9.93. The molecule has 3 rings (SSSR count). The molecule has 108 valence electrons. The van der Waals surface area contributed by atoms with Gasteiger partial charge in [0.05, 0.1) is 6.17 Å². The maximum atomic E-state index is 2.71. The summed E-state index contributed by atoms with van der Waals surface area (Å²) in [6.07, 6.45) is 13.1. The van der Waals surface area contributed by atoms with E-state index in [4.69, 9.17) is 0 Å². The summed E-state index contributed by atoms with van der Waals surface area (Å²) in [4.78, 5) is 5.28. The van der Waals surface area contributed by atoms with Crippen LogP contribution >= 0.6 is 0 Å². The molecule has 2 nitrogen and oxygen atoms in total. The van der Waals surface area contributed by atoms with Crippen molar-refractivity contribution in [1.82, 2.24) is 9.80 Å². The van der Waals surface area contributed by atoms with Gasteiger partial charge in [-0.1, -0.05) is 36.4 Å². The number of benzene rings is 1. The van der Waals surface area contributed by atoms with Crippen LogP contribution in [0.15, 0.2) is 42.6 Å². The van der Waals surface area contributed by atoms with E-state index in [9.17, 15) is 0 Å². The van der Waals surface area contributed by atoms with Crippen LogP contribution in [-0.2, 0) is 6.42 Å². The second-order valence-electron chi connectivity index (χ2n) is 6.01. The zero-order valence-electron chi connectivity index (χ0n) is 12.4. The minimum Gasteiger partial charge on any atom is -0.362 e. The van der Waals surface area contributed by atoms with Crippen LogP contribution in [-0.4, -0.2) is 35.6 Å². The average molecular weight is 270 g/mol. The minimum atomic E-state index is 0.665. The summed E-state index contributed by atoms with van der Waals surface area (Å²) < 4.78 is 0. The predicted molar refractivity (Wildman–Crippen MR) is 84.4 cm³/mol. The molecule has 0 aliphatic carbocycles. The molecule has 20 heavy (non-hydrogen) atoms. The fourth-order valence-electron chi connectivity index (χ4n) is 3.51. The van der Waals surface area contributed by atoms with E-state index in [1.54, 1.807) is 0 Å². The zero-order chi connectivity index (χ0) is 13.6. The van der Waals surface area contributed by atoms with Crippen LogP contribution in [0.25, 0.3) is 0 Å². The van der Waals surface area contributed by atoms with Gasteiger partial charge in [0, 0.05) is 19.6 Å². The highest BCUT2D eigenvalue weighted by Crippen LogP contribution is 2.23. The topological polar surface area (TPSA) is 6.48 Å². The van der Waals surface area contributed by atoms with Gasteiger partial charge in [0.1, 0.15) is 0 Å². The molecule has 0 spiro atoms. The van der Waals surface area contributed by atoms with Gasteiger partial charge < -0.3 is 4.90 Å². The lowest BCUT2D eigenvalue weighted by Gasteiger charge is -2.43. The molecule has 1 aromatic rings. The normalized spacial score (nSPS) is 23.4. The molecule has 2 aliphatic rings. The second kappa shape index (κ2) is 6.94. The molecule has 0 aromatic heterocycles. The molecule has 1 unspecified atom stereocenters. The zero-order valence-corrected chi connectivity index (χ0v) is 12.4. The summed E-state index contributed by atoms with van der Waals surface area (Å²) in [6, 6.07) is 10.9. The van der Waals surface area contributed by atoms with Crippen molar-refractivity contribution < 1.29 is 0 Å². The first-order valence-electron chi connectivity index (χ1n) is 8.14. The van der Waals surface area contributed by atoms with Gasteiger partial charge in [-0.2, -0.15) is 0 Å². The Kier molecular flexibility index (Phi) is 4.75. The summed E-state index contributed by atoms with van der Waals surface area (Å²) in [5.41, 5.74) is 1.47. The largest absolute Gasteiger partial charge is 0.362 e. The maximum Gasteiger partial charge on any atom is 0.0815 e. The van der Waals surface area contributed by atoms with Crippen molar-refractivity contribution in [2.45, 2.75) is 44.7 Å². The monoisotopic (exact) mass is 270 g/mol.